The van der Waals surface area contributed by atoms with Crippen molar-refractivity contribution in [3.63, 3.8) is 0 Å². The number of hydrogen-bond acceptors (Lipinski definition) is 4. The monoisotopic (exact) mass is 221 g/mol. The van der Waals surface area contributed by atoms with Crippen molar-refractivity contribution in [3.8, 4) is 0 Å². The Balaban J connectivity index is 0. The van der Waals surface area contributed by atoms with Crippen LogP contribution in [0.15, 0.2) is 12.7 Å². The van der Waals surface area contributed by atoms with E-state index in [1.807, 2.05) is 20.8 Å². The second-order valence-corrected chi connectivity index (χ2v) is 3.76. The Bertz CT molecular complexity index is 100.0. The predicted octanol–water partition coefficient (Wildman–Crippen LogP) is 0.944. The highest BCUT2D eigenvalue weighted by atomic mass is 28.3. The minimum atomic E-state index is -1.73. The van der Waals surface area contributed by atoms with Gasteiger partial charge in [-0.1, -0.05) is 6.08 Å². The summed E-state index contributed by atoms with van der Waals surface area (Å²) in [7, 11) is -1.73. The van der Waals surface area contributed by atoms with Gasteiger partial charge in [0.15, 0.2) is 0 Å². The maximum atomic E-state index is 5.22. The minimum absolute atomic E-state index is 0.583. The zero-order valence-electron chi connectivity index (χ0n) is 9.49. The van der Waals surface area contributed by atoms with Crippen molar-refractivity contribution in [3.05, 3.63) is 12.7 Å². The highest BCUT2D eigenvalue weighted by Crippen LogP contribution is 1.90. The second kappa shape index (κ2) is 15.3. The Morgan fingerprint density at radius 3 is 1.50 bits per heavy atom. The predicted molar refractivity (Wildman–Crippen MR) is 61.3 cm³/mol. The zero-order valence-corrected chi connectivity index (χ0v) is 10.6. The highest BCUT2D eigenvalue weighted by molar-refractivity contribution is 6.36. The third kappa shape index (κ3) is 14.3. The molecule has 86 valence electrons. The Hall–Kier alpha value is -0.203. The van der Waals surface area contributed by atoms with Gasteiger partial charge in [-0.15, -0.1) is 6.58 Å². The van der Waals surface area contributed by atoms with E-state index in [1.54, 1.807) is 6.08 Å². The Morgan fingerprint density at radius 2 is 1.36 bits per heavy atom. The van der Waals surface area contributed by atoms with Crippen LogP contribution >= 0.6 is 0 Å². The van der Waals surface area contributed by atoms with Crippen molar-refractivity contribution in [1.82, 2.24) is 0 Å². The van der Waals surface area contributed by atoms with Crippen LogP contribution in [0.5, 0.6) is 0 Å². The molecule has 0 aromatic rings. The van der Waals surface area contributed by atoms with Gasteiger partial charge in [-0.25, -0.2) is 0 Å². The van der Waals surface area contributed by atoms with E-state index in [0.717, 1.165) is 0 Å². The van der Waals surface area contributed by atoms with Crippen molar-refractivity contribution in [2.45, 2.75) is 20.8 Å². The van der Waals surface area contributed by atoms with E-state index in [2.05, 4.69) is 6.58 Å². The van der Waals surface area contributed by atoms with E-state index in [4.69, 9.17) is 19.0 Å². The first-order valence-electron chi connectivity index (χ1n) is 4.92. The van der Waals surface area contributed by atoms with E-state index in [0.29, 0.717) is 26.4 Å². The van der Waals surface area contributed by atoms with Gasteiger partial charge in [0.25, 0.3) is 0 Å². The molecule has 14 heavy (non-hydrogen) atoms. The molecule has 0 saturated heterocycles. The van der Waals surface area contributed by atoms with Gasteiger partial charge in [-0.3, -0.25) is 0 Å². The molecule has 0 amide bonds. The largest absolute Gasteiger partial charge is 0.484 e. The van der Waals surface area contributed by atoms with Crippen LogP contribution in [0.1, 0.15) is 20.8 Å². The molecular weight excluding hydrogens is 198 g/mol. The smallest absolute Gasteiger partial charge is 0.376 e. The molecule has 2 N–H and O–H groups in total. The number of hydrogen-bond donors (Lipinski definition) is 1. The molecule has 0 fully saturated rings. The average Bonchev–Trinajstić information content (AvgIpc) is 2.20. The molecule has 0 saturated carbocycles. The lowest BCUT2D eigenvalue weighted by Gasteiger charge is -2.12. The molecule has 4 nitrogen and oxygen atoms in total. The molecule has 0 aliphatic rings. The Kier molecular flexibility index (Phi) is 17.7. The van der Waals surface area contributed by atoms with Gasteiger partial charge >= 0.3 is 9.53 Å². The maximum Gasteiger partial charge on any atom is 0.484 e. The maximum absolute atomic E-state index is 5.22. The van der Waals surface area contributed by atoms with Crippen molar-refractivity contribution in [2.24, 2.45) is 5.73 Å². The third-order valence-electron chi connectivity index (χ3n) is 1.07. The van der Waals surface area contributed by atoms with E-state index >= 15 is 0 Å². The molecule has 0 heterocycles. The first-order valence-corrected chi connectivity index (χ1v) is 6.33. The van der Waals surface area contributed by atoms with Gasteiger partial charge < -0.3 is 19.0 Å². The molecule has 0 aliphatic carbocycles. The van der Waals surface area contributed by atoms with Crippen molar-refractivity contribution >= 4 is 9.53 Å². The summed E-state index contributed by atoms with van der Waals surface area (Å²) in [5.74, 6) is 0. The Labute approximate surface area is 89.0 Å². The molecule has 0 unspecified atom stereocenters. The van der Waals surface area contributed by atoms with Gasteiger partial charge in [0.1, 0.15) is 0 Å². The van der Waals surface area contributed by atoms with Crippen molar-refractivity contribution < 1.29 is 13.3 Å². The molecule has 0 atom stereocenters. The number of nitrogens with two attached hydrogens (primary N) is 1. The van der Waals surface area contributed by atoms with Crippen LogP contribution in [0.2, 0.25) is 0 Å². The fourth-order valence-corrected chi connectivity index (χ4v) is 1.66. The molecule has 0 radical (unpaired) electrons. The van der Waals surface area contributed by atoms with Gasteiger partial charge in [0, 0.05) is 26.4 Å². The van der Waals surface area contributed by atoms with E-state index in [-0.39, 0.29) is 0 Å². The van der Waals surface area contributed by atoms with Gasteiger partial charge in [-0.2, -0.15) is 0 Å². The van der Waals surface area contributed by atoms with Crippen LogP contribution < -0.4 is 5.73 Å². The molecule has 0 rings (SSSR count). The summed E-state index contributed by atoms with van der Waals surface area (Å²) in [5.41, 5.74) is 4.91. The lowest BCUT2D eigenvalue weighted by Crippen LogP contribution is -2.27. The van der Waals surface area contributed by atoms with Gasteiger partial charge in [-0.05, 0) is 20.8 Å². The van der Waals surface area contributed by atoms with E-state index < -0.39 is 9.53 Å². The van der Waals surface area contributed by atoms with Crippen molar-refractivity contribution in [1.29, 1.82) is 0 Å². The first kappa shape index (κ1) is 16.2. The summed E-state index contributed by atoms with van der Waals surface area (Å²) in [6.07, 6.45) is 1.65. The first-order chi connectivity index (χ1) is 6.76. The van der Waals surface area contributed by atoms with Gasteiger partial charge in [0.05, 0.1) is 0 Å². The van der Waals surface area contributed by atoms with Crippen LogP contribution in [0.3, 0.4) is 0 Å². The summed E-state index contributed by atoms with van der Waals surface area (Å²) in [6, 6.07) is 0. The summed E-state index contributed by atoms with van der Waals surface area (Å²) in [4.78, 5) is 0. The molecule has 0 spiro atoms. The summed E-state index contributed by atoms with van der Waals surface area (Å²) in [6.45, 7) is 11.8. The molecule has 5 heteroatoms. The fourth-order valence-electron chi connectivity index (χ4n) is 0.553. The lowest BCUT2D eigenvalue weighted by molar-refractivity contribution is 0.107. The molecule has 0 bridgehead atoms. The number of rotatable bonds is 7. The molecule has 0 aliphatic heterocycles. The van der Waals surface area contributed by atoms with E-state index in [1.165, 1.54) is 0 Å². The summed E-state index contributed by atoms with van der Waals surface area (Å²) >= 11 is 0. The SMILES string of the molecule is C=CCN.CCO[SiH](OCC)OCC. The molecule has 0 aromatic heterocycles. The van der Waals surface area contributed by atoms with E-state index in [9.17, 15) is 0 Å². The molecule has 0 aromatic carbocycles. The summed E-state index contributed by atoms with van der Waals surface area (Å²) in [5, 5.41) is 0. The molecular formula is C9H23NO3Si. The Morgan fingerprint density at radius 1 is 1.07 bits per heavy atom. The lowest BCUT2D eigenvalue weighted by atomic mass is 10.7. The second-order valence-electron chi connectivity index (χ2n) is 2.18. The minimum Gasteiger partial charge on any atom is -0.376 e. The normalized spacial score (nSPS) is 9.50. The standard InChI is InChI=1S/C6H16O3Si.C3H7N/c1-4-7-10(8-5-2)9-6-3;1-2-3-4/h10H,4-6H2,1-3H3;2H,1,3-4H2. The third-order valence-corrected chi connectivity index (χ3v) is 2.89. The highest BCUT2D eigenvalue weighted by Gasteiger charge is 2.11. The van der Waals surface area contributed by atoms with Crippen LogP contribution in [0, 0.1) is 0 Å². The topological polar surface area (TPSA) is 53.7 Å². The average molecular weight is 221 g/mol. The van der Waals surface area contributed by atoms with Crippen LogP contribution in [-0.2, 0) is 13.3 Å². The fraction of sp³-hybridized carbons (Fsp3) is 0.778. The zero-order chi connectivity index (χ0) is 11.2. The van der Waals surface area contributed by atoms with Crippen LogP contribution in [-0.4, -0.2) is 35.9 Å². The van der Waals surface area contributed by atoms with Gasteiger partial charge in [0.2, 0.25) is 0 Å². The van der Waals surface area contributed by atoms with Crippen LogP contribution in [0.25, 0.3) is 0 Å². The van der Waals surface area contributed by atoms with Crippen molar-refractivity contribution in [2.75, 3.05) is 26.4 Å². The summed E-state index contributed by atoms with van der Waals surface area (Å²) < 4.78 is 15.7. The van der Waals surface area contributed by atoms with Crippen LogP contribution in [0.4, 0.5) is 0 Å². The quantitative estimate of drug-likeness (QED) is 0.513.